The predicted octanol–water partition coefficient (Wildman–Crippen LogP) is 1.59. The Balaban J connectivity index is 2.07. The lowest BCUT2D eigenvalue weighted by molar-refractivity contribution is -0.384. The molecule has 0 saturated heterocycles. The number of pyridine rings is 2. The van der Waals surface area contributed by atoms with Gasteiger partial charge in [-0.25, -0.2) is 9.97 Å². The zero-order valence-corrected chi connectivity index (χ0v) is 10.7. The zero-order valence-electron chi connectivity index (χ0n) is 10.7. The lowest BCUT2D eigenvalue weighted by Crippen LogP contribution is -2.05. The fourth-order valence-electron chi connectivity index (χ4n) is 1.59. The van der Waals surface area contributed by atoms with Crippen molar-refractivity contribution in [1.82, 2.24) is 9.97 Å². The number of hydrogen-bond donors (Lipinski definition) is 2. The van der Waals surface area contributed by atoms with Crippen molar-refractivity contribution >= 4 is 17.3 Å². The molecular formula is C12H13N5O3. The second-order valence-corrected chi connectivity index (χ2v) is 3.92. The van der Waals surface area contributed by atoms with Crippen molar-refractivity contribution < 1.29 is 9.66 Å². The first-order valence-electron chi connectivity index (χ1n) is 5.74. The number of nitro groups is 1. The summed E-state index contributed by atoms with van der Waals surface area (Å²) >= 11 is 0. The van der Waals surface area contributed by atoms with Crippen LogP contribution in [0.4, 0.5) is 17.3 Å². The number of nitrogens with one attached hydrogen (secondary N) is 1. The average Bonchev–Trinajstić information content (AvgIpc) is 2.45. The van der Waals surface area contributed by atoms with Gasteiger partial charge in [-0.1, -0.05) is 0 Å². The van der Waals surface area contributed by atoms with Gasteiger partial charge < -0.3 is 15.8 Å². The number of aromatic nitrogens is 2. The molecule has 20 heavy (non-hydrogen) atoms. The minimum absolute atomic E-state index is 0.118. The number of anilines is 2. The monoisotopic (exact) mass is 275 g/mol. The van der Waals surface area contributed by atoms with Crippen molar-refractivity contribution in [2.45, 2.75) is 6.54 Å². The molecule has 0 unspecified atom stereocenters. The molecule has 2 heterocycles. The Labute approximate surface area is 114 Å². The van der Waals surface area contributed by atoms with Gasteiger partial charge in [0.25, 0.3) is 0 Å². The lowest BCUT2D eigenvalue weighted by Gasteiger charge is -2.07. The second-order valence-electron chi connectivity index (χ2n) is 3.92. The van der Waals surface area contributed by atoms with E-state index in [0.29, 0.717) is 18.2 Å². The number of methoxy groups -OCH3 is 1. The molecule has 0 aliphatic rings. The molecule has 0 atom stereocenters. The summed E-state index contributed by atoms with van der Waals surface area (Å²) in [5.74, 6) is 0.858. The molecule has 0 spiro atoms. The van der Waals surface area contributed by atoms with Crippen LogP contribution in [0.15, 0.2) is 30.5 Å². The molecule has 0 radical (unpaired) electrons. The van der Waals surface area contributed by atoms with Gasteiger partial charge in [-0.2, -0.15) is 0 Å². The van der Waals surface area contributed by atoms with Crippen LogP contribution < -0.4 is 15.8 Å². The zero-order chi connectivity index (χ0) is 14.5. The number of nitrogens with zero attached hydrogens (tertiary/aromatic N) is 3. The summed E-state index contributed by atoms with van der Waals surface area (Å²) in [7, 11) is 1.54. The van der Waals surface area contributed by atoms with Gasteiger partial charge >= 0.3 is 5.69 Å². The van der Waals surface area contributed by atoms with Crippen molar-refractivity contribution in [3.8, 4) is 5.88 Å². The molecule has 0 aliphatic heterocycles. The van der Waals surface area contributed by atoms with E-state index in [1.165, 1.54) is 19.2 Å². The molecule has 0 fully saturated rings. The first-order chi connectivity index (χ1) is 9.60. The van der Waals surface area contributed by atoms with Crippen LogP contribution in [0, 0.1) is 10.1 Å². The van der Waals surface area contributed by atoms with E-state index < -0.39 is 4.92 Å². The summed E-state index contributed by atoms with van der Waals surface area (Å²) < 4.78 is 5.02. The topological polar surface area (TPSA) is 116 Å². The third-order valence-electron chi connectivity index (χ3n) is 2.58. The normalized spacial score (nSPS) is 10.1. The first kappa shape index (κ1) is 13.5. The van der Waals surface area contributed by atoms with Crippen LogP contribution in [-0.4, -0.2) is 22.0 Å². The average molecular weight is 275 g/mol. The Morgan fingerprint density at radius 1 is 1.45 bits per heavy atom. The summed E-state index contributed by atoms with van der Waals surface area (Å²) in [6.07, 6.45) is 1.63. The van der Waals surface area contributed by atoms with E-state index >= 15 is 0 Å². The maximum Gasteiger partial charge on any atom is 0.311 e. The minimum atomic E-state index is -0.570. The van der Waals surface area contributed by atoms with Gasteiger partial charge in [0.2, 0.25) is 11.7 Å². The molecule has 0 amide bonds. The Morgan fingerprint density at radius 3 is 2.90 bits per heavy atom. The molecule has 8 nitrogen and oxygen atoms in total. The highest BCUT2D eigenvalue weighted by molar-refractivity contribution is 5.57. The third-order valence-corrected chi connectivity index (χ3v) is 2.58. The number of ether oxygens (including phenoxy) is 1. The number of nitrogens with two attached hydrogens (primary N) is 1. The van der Waals surface area contributed by atoms with E-state index in [2.05, 4.69) is 15.3 Å². The number of hydrogen-bond acceptors (Lipinski definition) is 7. The maximum absolute atomic E-state index is 10.6. The van der Waals surface area contributed by atoms with Crippen molar-refractivity contribution in [1.29, 1.82) is 0 Å². The Hall–Kier alpha value is -2.90. The van der Waals surface area contributed by atoms with E-state index in [-0.39, 0.29) is 11.5 Å². The summed E-state index contributed by atoms with van der Waals surface area (Å²) in [5, 5.41) is 13.6. The molecule has 0 aliphatic carbocycles. The van der Waals surface area contributed by atoms with Crippen LogP contribution in [-0.2, 0) is 6.54 Å². The third kappa shape index (κ3) is 3.10. The van der Waals surface area contributed by atoms with Crippen LogP contribution in [0.3, 0.4) is 0 Å². The molecule has 3 N–H and O–H groups in total. The van der Waals surface area contributed by atoms with Gasteiger partial charge in [-0.05, 0) is 17.7 Å². The van der Waals surface area contributed by atoms with E-state index in [1.54, 1.807) is 12.3 Å². The molecule has 0 bridgehead atoms. The molecule has 2 aromatic heterocycles. The first-order valence-corrected chi connectivity index (χ1v) is 5.74. The SMILES string of the molecule is COc1cc(CNc2ccc([N+](=O)[O-])c(N)n2)ccn1. The summed E-state index contributed by atoms with van der Waals surface area (Å²) in [4.78, 5) is 18.0. The van der Waals surface area contributed by atoms with Gasteiger partial charge in [-0.15, -0.1) is 0 Å². The highest BCUT2D eigenvalue weighted by atomic mass is 16.6. The van der Waals surface area contributed by atoms with E-state index in [4.69, 9.17) is 10.5 Å². The molecule has 2 aromatic rings. The standard InChI is InChI=1S/C12H13N5O3/c1-20-11-6-8(4-5-14-11)7-15-10-3-2-9(17(18)19)12(13)16-10/h2-6H,7H2,1H3,(H3,13,15,16). The summed E-state index contributed by atoms with van der Waals surface area (Å²) in [6.45, 7) is 0.475. The van der Waals surface area contributed by atoms with Crippen LogP contribution in [0.25, 0.3) is 0 Å². The van der Waals surface area contributed by atoms with Gasteiger partial charge in [-0.3, -0.25) is 10.1 Å². The van der Waals surface area contributed by atoms with E-state index in [0.717, 1.165) is 5.56 Å². The van der Waals surface area contributed by atoms with E-state index in [1.807, 2.05) is 6.07 Å². The van der Waals surface area contributed by atoms with Gasteiger partial charge in [0, 0.05) is 24.9 Å². The molecule has 0 saturated carbocycles. The van der Waals surface area contributed by atoms with Gasteiger partial charge in [0.15, 0.2) is 0 Å². The molecule has 8 heteroatoms. The van der Waals surface area contributed by atoms with E-state index in [9.17, 15) is 10.1 Å². The fraction of sp³-hybridized carbons (Fsp3) is 0.167. The Kier molecular flexibility index (Phi) is 3.94. The highest BCUT2D eigenvalue weighted by Crippen LogP contribution is 2.21. The van der Waals surface area contributed by atoms with Gasteiger partial charge in [0.05, 0.1) is 12.0 Å². The number of rotatable bonds is 5. The molecule has 104 valence electrons. The fourth-order valence-corrected chi connectivity index (χ4v) is 1.59. The smallest absolute Gasteiger partial charge is 0.311 e. The second kappa shape index (κ2) is 5.83. The molecular weight excluding hydrogens is 262 g/mol. The number of nitrogen functional groups attached to an aromatic ring is 1. The maximum atomic E-state index is 10.6. The predicted molar refractivity (Wildman–Crippen MR) is 73.4 cm³/mol. The quantitative estimate of drug-likeness (QED) is 0.628. The van der Waals surface area contributed by atoms with Crippen molar-refractivity contribution in [2.75, 3.05) is 18.2 Å². The van der Waals surface area contributed by atoms with Crippen LogP contribution >= 0.6 is 0 Å². The largest absolute Gasteiger partial charge is 0.481 e. The molecule has 2 rings (SSSR count). The van der Waals surface area contributed by atoms with Crippen molar-refractivity contribution in [2.24, 2.45) is 0 Å². The van der Waals surface area contributed by atoms with Crippen LogP contribution in [0.2, 0.25) is 0 Å². The van der Waals surface area contributed by atoms with Crippen molar-refractivity contribution in [3.63, 3.8) is 0 Å². The summed E-state index contributed by atoms with van der Waals surface area (Å²) in [5.41, 5.74) is 6.25. The highest BCUT2D eigenvalue weighted by Gasteiger charge is 2.12. The van der Waals surface area contributed by atoms with Gasteiger partial charge in [0.1, 0.15) is 5.82 Å². The summed E-state index contributed by atoms with van der Waals surface area (Å²) in [6, 6.07) is 6.43. The lowest BCUT2D eigenvalue weighted by atomic mass is 10.2. The Morgan fingerprint density at radius 2 is 2.25 bits per heavy atom. The van der Waals surface area contributed by atoms with Crippen LogP contribution in [0.1, 0.15) is 5.56 Å². The molecule has 0 aromatic carbocycles. The minimum Gasteiger partial charge on any atom is -0.481 e. The van der Waals surface area contributed by atoms with Crippen LogP contribution in [0.5, 0.6) is 5.88 Å². The Bertz CT molecular complexity index is 632. The van der Waals surface area contributed by atoms with Crippen molar-refractivity contribution in [3.05, 3.63) is 46.1 Å².